The van der Waals surface area contributed by atoms with Gasteiger partial charge in [0, 0.05) is 29.3 Å². The molecule has 3 heteroatoms. The van der Waals surface area contributed by atoms with E-state index in [1.807, 2.05) is 0 Å². The maximum Gasteiger partial charge on any atom is 0.137 e. The molecule has 3 nitrogen and oxygen atoms in total. The van der Waals surface area contributed by atoms with Crippen LogP contribution in [0, 0.1) is 0 Å². The van der Waals surface area contributed by atoms with Crippen LogP contribution in [0.1, 0.15) is 45.0 Å². The van der Waals surface area contributed by atoms with E-state index in [1.54, 1.807) is 0 Å². The van der Waals surface area contributed by atoms with Crippen molar-refractivity contribution in [3.8, 4) is 56.0 Å². The van der Waals surface area contributed by atoms with Crippen LogP contribution in [-0.2, 0) is 5.41 Å². The highest BCUT2D eigenvalue weighted by Crippen LogP contribution is 2.62. The number of benzene rings is 9. The van der Waals surface area contributed by atoms with Gasteiger partial charge in [-0.25, -0.2) is 4.99 Å². The molecule has 0 saturated carbocycles. The maximum absolute atomic E-state index is 6.86. The molecule has 298 valence electrons. The van der Waals surface area contributed by atoms with Gasteiger partial charge in [-0.3, -0.25) is 0 Å². The lowest BCUT2D eigenvalue weighted by molar-refractivity contribution is 0.435. The third kappa shape index (κ3) is 5.92. The standard InChI is InChI=1S/C60H42N2O/c1-62-56(41-20-6-3-7-21-41)39-55(50-29-9-8-26-47(50)40-18-4-2-5-19-40)61-59(62)46-25-17-24-44(37-46)42-22-16-23-43(36-42)45-34-35-54-58(38-45)63-57-33-15-14-32-53(57)60(54)51-30-12-10-27-48(51)49-28-11-13-31-52(49)60/h2-39,56H,1H3. The van der Waals surface area contributed by atoms with Gasteiger partial charge in [0.15, 0.2) is 0 Å². The van der Waals surface area contributed by atoms with Gasteiger partial charge in [-0.2, -0.15) is 0 Å². The molecule has 9 aromatic rings. The van der Waals surface area contributed by atoms with Crippen LogP contribution in [0.25, 0.3) is 50.2 Å². The number of rotatable bonds is 6. The quantitative estimate of drug-likeness (QED) is 0.167. The Bertz CT molecular complexity index is 3240. The Labute approximate surface area is 368 Å². The Hall–Kier alpha value is -8.01. The second-order valence-electron chi connectivity index (χ2n) is 16.7. The van der Waals surface area contributed by atoms with E-state index in [1.165, 1.54) is 44.5 Å². The minimum Gasteiger partial charge on any atom is -0.457 e. The molecule has 1 unspecified atom stereocenters. The Morgan fingerprint density at radius 2 is 0.889 bits per heavy atom. The SMILES string of the molecule is CN1C(c2cccc(-c3cccc(-c4ccc5c(c4)Oc4ccccc4C54c5ccccc5-c5ccccc54)c3)c2)=NC(c2ccccc2-c2ccccc2)=CC1c1ccccc1. The zero-order valence-electron chi connectivity index (χ0n) is 34.8. The van der Waals surface area contributed by atoms with E-state index in [4.69, 9.17) is 9.73 Å². The van der Waals surface area contributed by atoms with E-state index >= 15 is 0 Å². The first kappa shape index (κ1) is 36.8. The fraction of sp³-hybridized carbons (Fsp3) is 0.0500. The monoisotopic (exact) mass is 806 g/mol. The number of aliphatic imine (C=N–C) groups is 1. The molecule has 1 spiro atoms. The summed E-state index contributed by atoms with van der Waals surface area (Å²) in [6.45, 7) is 0. The van der Waals surface area contributed by atoms with Crippen LogP contribution in [0.5, 0.6) is 11.5 Å². The number of fused-ring (bicyclic) bond motifs is 9. The van der Waals surface area contributed by atoms with Crippen molar-refractivity contribution < 1.29 is 4.74 Å². The molecule has 1 atom stereocenters. The van der Waals surface area contributed by atoms with E-state index < -0.39 is 5.41 Å². The van der Waals surface area contributed by atoms with Gasteiger partial charge in [0.25, 0.3) is 0 Å². The summed E-state index contributed by atoms with van der Waals surface area (Å²) in [5.74, 6) is 2.71. The van der Waals surface area contributed by atoms with Crippen molar-refractivity contribution in [1.29, 1.82) is 0 Å². The summed E-state index contributed by atoms with van der Waals surface area (Å²) >= 11 is 0. The Kier molecular flexibility index (Phi) is 8.68. The highest BCUT2D eigenvalue weighted by Gasteiger charge is 2.50. The van der Waals surface area contributed by atoms with Gasteiger partial charge in [-0.05, 0) is 91.5 Å². The first-order chi connectivity index (χ1) is 31.1. The fourth-order valence-electron chi connectivity index (χ4n) is 10.3. The van der Waals surface area contributed by atoms with Crippen LogP contribution in [0.4, 0.5) is 0 Å². The van der Waals surface area contributed by atoms with Gasteiger partial charge in [-0.1, -0.05) is 200 Å². The smallest absolute Gasteiger partial charge is 0.137 e. The van der Waals surface area contributed by atoms with Crippen molar-refractivity contribution in [1.82, 2.24) is 4.90 Å². The molecule has 3 aliphatic rings. The summed E-state index contributed by atoms with van der Waals surface area (Å²) in [7, 11) is 2.16. The average Bonchev–Trinajstić information content (AvgIpc) is 3.65. The van der Waals surface area contributed by atoms with Crippen LogP contribution >= 0.6 is 0 Å². The summed E-state index contributed by atoms with van der Waals surface area (Å²) in [6, 6.07) is 80.7. The van der Waals surface area contributed by atoms with Gasteiger partial charge in [0.1, 0.15) is 17.3 Å². The first-order valence-corrected chi connectivity index (χ1v) is 21.7. The van der Waals surface area contributed by atoms with Crippen molar-refractivity contribution in [3.63, 3.8) is 0 Å². The molecule has 0 bridgehead atoms. The normalized spacial score (nSPS) is 15.3. The van der Waals surface area contributed by atoms with Crippen molar-refractivity contribution in [3.05, 3.63) is 269 Å². The minimum atomic E-state index is -0.481. The highest BCUT2D eigenvalue weighted by molar-refractivity contribution is 6.05. The van der Waals surface area contributed by atoms with Crippen LogP contribution in [0.3, 0.4) is 0 Å². The molecule has 63 heavy (non-hydrogen) atoms. The Balaban J connectivity index is 0.937. The van der Waals surface area contributed by atoms with E-state index in [0.717, 1.165) is 62.0 Å². The van der Waals surface area contributed by atoms with Gasteiger partial charge < -0.3 is 9.64 Å². The van der Waals surface area contributed by atoms with E-state index in [0.29, 0.717) is 0 Å². The molecule has 2 aliphatic heterocycles. The molecule has 0 amide bonds. The molecular formula is C60H42N2O. The third-order valence-electron chi connectivity index (χ3n) is 13.2. The zero-order chi connectivity index (χ0) is 41.9. The predicted molar refractivity (Wildman–Crippen MR) is 258 cm³/mol. The number of amidine groups is 1. The lowest BCUT2D eigenvalue weighted by Crippen LogP contribution is -2.33. The topological polar surface area (TPSA) is 24.8 Å². The molecule has 1 aliphatic carbocycles. The predicted octanol–water partition coefficient (Wildman–Crippen LogP) is 14.6. The second-order valence-corrected chi connectivity index (χ2v) is 16.7. The lowest BCUT2D eigenvalue weighted by Gasteiger charge is -2.39. The molecule has 0 fully saturated rings. The fourth-order valence-corrected chi connectivity index (χ4v) is 10.3. The number of hydrogen-bond donors (Lipinski definition) is 0. The van der Waals surface area contributed by atoms with Crippen LogP contribution in [0.2, 0.25) is 0 Å². The number of hydrogen-bond acceptors (Lipinski definition) is 3. The van der Waals surface area contributed by atoms with Gasteiger partial charge >= 0.3 is 0 Å². The Morgan fingerprint density at radius 1 is 0.397 bits per heavy atom. The number of nitrogens with zero attached hydrogens (tertiary/aromatic N) is 2. The zero-order valence-corrected chi connectivity index (χ0v) is 34.8. The third-order valence-corrected chi connectivity index (χ3v) is 13.2. The highest BCUT2D eigenvalue weighted by atomic mass is 16.5. The van der Waals surface area contributed by atoms with Crippen molar-refractivity contribution in [2.45, 2.75) is 11.5 Å². The van der Waals surface area contributed by atoms with Crippen LogP contribution in [0.15, 0.2) is 236 Å². The maximum atomic E-state index is 6.86. The molecule has 0 aromatic heterocycles. The summed E-state index contributed by atoms with van der Waals surface area (Å²) in [6.07, 6.45) is 2.31. The summed E-state index contributed by atoms with van der Waals surface area (Å²) in [5, 5.41) is 0. The number of ether oxygens (including phenoxy) is 1. The lowest BCUT2D eigenvalue weighted by atomic mass is 9.66. The van der Waals surface area contributed by atoms with Crippen molar-refractivity contribution in [2.24, 2.45) is 4.99 Å². The summed E-state index contributed by atoms with van der Waals surface area (Å²) in [5.41, 5.74) is 18.2. The molecule has 0 saturated heterocycles. The second kappa shape index (κ2) is 14.9. The molecule has 12 rings (SSSR count). The molecular weight excluding hydrogens is 765 g/mol. The van der Waals surface area contributed by atoms with E-state index in [2.05, 4.69) is 242 Å². The van der Waals surface area contributed by atoms with E-state index in [9.17, 15) is 0 Å². The van der Waals surface area contributed by atoms with Crippen molar-refractivity contribution >= 4 is 11.5 Å². The molecule has 2 heterocycles. The molecule has 0 N–H and O–H groups in total. The van der Waals surface area contributed by atoms with Crippen LogP contribution in [-0.4, -0.2) is 17.8 Å². The largest absolute Gasteiger partial charge is 0.457 e. The van der Waals surface area contributed by atoms with Gasteiger partial charge in [0.05, 0.1) is 17.2 Å². The van der Waals surface area contributed by atoms with Crippen LogP contribution < -0.4 is 4.74 Å². The summed E-state index contributed by atoms with van der Waals surface area (Å²) in [4.78, 5) is 7.77. The minimum absolute atomic E-state index is 0.00645. The van der Waals surface area contributed by atoms with Gasteiger partial charge in [-0.15, -0.1) is 0 Å². The summed E-state index contributed by atoms with van der Waals surface area (Å²) < 4.78 is 6.86. The first-order valence-electron chi connectivity index (χ1n) is 21.7. The Morgan fingerprint density at radius 3 is 1.57 bits per heavy atom. The van der Waals surface area contributed by atoms with Gasteiger partial charge in [0.2, 0.25) is 0 Å². The van der Waals surface area contributed by atoms with E-state index in [-0.39, 0.29) is 6.04 Å². The number of para-hydroxylation sites is 1. The average molecular weight is 807 g/mol. The molecule has 9 aromatic carbocycles. The number of likely N-dealkylation sites (N-methyl/N-ethyl adjacent to an activating group) is 1. The van der Waals surface area contributed by atoms with Crippen molar-refractivity contribution in [2.75, 3.05) is 7.05 Å². The molecule has 0 radical (unpaired) electrons.